The molecule has 0 aromatic heterocycles. The molecule has 0 aliphatic heterocycles. The van der Waals surface area contributed by atoms with Crippen molar-refractivity contribution in [3.8, 4) is 0 Å². The fraction of sp³-hybridized carbons (Fsp3) is 0.800. The molecule has 21 heavy (non-hydrogen) atoms. The Kier molecular flexibility index (Phi) is 5.03. The average molecular weight is 290 g/mol. The lowest BCUT2D eigenvalue weighted by Gasteiger charge is -2.57. The van der Waals surface area contributed by atoms with Crippen molar-refractivity contribution in [2.75, 3.05) is 6.61 Å². The molecule has 0 amide bonds. The van der Waals surface area contributed by atoms with Gasteiger partial charge in [-0.25, -0.2) is 0 Å². The van der Waals surface area contributed by atoms with Crippen molar-refractivity contribution in [2.45, 2.75) is 73.1 Å². The van der Waals surface area contributed by atoms with Crippen LogP contribution >= 0.6 is 0 Å². The molecular weight excluding hydrogens is 256 g/mol. The minimum atomic E-state index is 0.201. The minimum absolute atomic E-state index is 0.201. The molecular formula is C20H34O. The molecule has 0 radical (unpaired) electrons. The number of rotatable bonds is 4. The fourth-order valence-corrected chi connectivity index (χ4v) is 5.26. The molecule has 2 aliphatic carbocycles. The third-order valence-corrected chi connectivity index (χ3v) is 6.49. The van der Waals surface area contributed by atoms with E-state index in [1.54, 1.807) is 5.57 Å². The molecule has 3 atom stereocenters. The monoisotopic (exact) mass is 290 g/mol. The van der Waals surface area contributed by atoms with Crippen molar-refractivity contribution in [1.82, 2.24) is 0 Å². The molecule has 2 aliphatic rings. The number of hydrogen-bond donors (Lipinski definition) is 1. The normalized spacial score (nSPS) is 36.1. The molecule has 0 spiro atoms. The molecule has 1 fully saturated rings. The highest BCUT2D eigenvalue weighted by Crippen LogP contribution is 2.60. The predicted octanol–water partition coefficient (Wildman–Crippen LogP) is 5.50. The van der Waals surface area contributed by atoms with Crippen LogP contribution in [0.5, 0.6) is 0 Å². The second-order valence-electron chi connectivity index (χ2n) is 8.42. The summed E-state index contributed by atoms with van der Waals surface area (Å²) in [5.74, 6) is 1.55. The highest BCUT2D eigenvalue weighted by Gasteiger charge is 2.51. The SMILES string of the molecule is CC1=CC[C@H]2C(C)(C)CCC[C@]2(C)[C@H]1CC/C=C(\C)CO. The third kappa shape index (κ3) is 3.28. The molecule has 2 rings (SSSR count). The Morgan fingerprint density at radius 1 is 1.33 bits per heavy atom. The van der Waals surface area contributed by atoms with Crippen molar-refractivity contribution < 1.29 is 5.11 Å². The van der Waals surface area contributed by atoms with Crippen LogP contribution in [0, 0.1) is 22.7 Å². The van der Waals surface area contributed by atoms with Gasteiger partial charge >= 0.3 is 0 Å². The first-order valence-electron chi connectivity index (χ1n) is 8.74. The molecule has 1 heteroatoms. The van der Waals surface area contributed by atoms with Crippen LogP contribution in [0.2, 0.25) is 0 Å². The summed E-state index contributed by atoms with van der Waals surface area (Å²) in [6, 6.07) is 0. The van der Waals surface area contributed by atoms with Gasteiger partial charge in [0, 0.05) is 0 Å². The summed E-state index contributed by atoms with van der Waals surface area (Å²) < 4.78 is 0. The number of allylic oxidation sites excluding steroid dienone is 3. The Bertz CT molecular complexity index is 429. The van der Waals surface area contributed by atoms with Gasteiger partial charge in [0.25, 0.3) is 0 Å². The van der Waals surface area contributed by atoms with Gasteiger partial charge in [-0.2, -0.15) is 0 Å². The number of aliphatic hydroxyl groups excluding tert-OH is 1. The van der Waals surface area contributed by atoms with E-state index in [1.165, 1.54) is 32.1 Å². The zero-order chi connectivity index (χ0) is 15.7. The van der Waals surface area contributed by atoms with Crippen LogP contribution in [0.1, 0.15) is 73.1 Å². The zero-order valence-electron chi connectivity index (χ0n) is 14.7. The van der Waals surface area contributed by atoms with Crippen LogP contribution in [0.15, 0.2) is 23.3 Å². The molecule has 0 aromatic carbocycles. The zero-order valence-corrected chi connectivity index (χ0v) is 14.7. The van der Waals surface area contributed by atoms with Crippen LogP contribution < -0.4 is 0 Å². The number of aliphatic hydroxyl groups is 1. The topological polar surface area (TPSA) is 20.2 Å². The lowest BCUT2D eigenvalue weighted by Crippen LogP contribution is -2.48. The van der Waals surface area contributed by atoms with Crippen LogP contribution in [-0.2, 0) is 0 Å². The van der Waals surface area contributed by atoms with E-state index in [0.717, 1.165) is 23.8 Å². The van der Waals surface area contributed by atoms with Crippen molar-refractivity contribution in [2.24, 2.45) is 22.7 Å². The van der Waals surface area contributed by atoms with E-state index in [4.69, 9.17) is 5.11 Å². The maximum absolute atomic E-state index is 9.15. The molecule has 0 heterocycles. The summed E-state index contributed by atoms with van der Waals surface area (Å²) in [7, 11) is 0. The quantitative estimate of drug-likeness (QED) is 0.677. The lowest BCUT2D eigenvalue weighted by molar-refractivity contribution is -0.0388. The molecule has 1 nitrogen and oxygen atoms in total. The van der Waals surface area contributed by atoms with E-state index in [0.29, 0.717) is 10.8 Å². The molecule has 1 saturated carbocycles. The summed E-state index contributed by atoms with van der Waals surface area (Å²) in [4.78, 5) is 0. The largest absolute Gasteiger partial charge is 0.392 e. The van der Waals surface area contributed by atoms with Gasteiger partial charge in [0.15, 0.2) is 0 Å². The average Bonchev–Trinajstić information content (AvgIpc) is 2.40. The van der Waals surface area contributed by atoms with Gasteiger partial charge in [-0.1, -0.05) is 50.5 Å². The smallest absolute Gasteiger partial charge is 0.0639 e. The molecule has 0 bridgehead atoms. The number of hydrogen-bond acceptors (Lipinski definition) is 1. The highest BCUT2D eigenvalue weighted by atomic mass is 16.3. The molecule has 0 saturated heterocycles. The van der Waals surface area contributed by atoms with E-state index in [-0.39, 0.29) is 6.61 Å². The molecule has 0 aromatic rings. The summed E-state index contributed by atoms with van der Waals surface area (Å²) in [6.45, 7) is 12.1. The van der Waals surface area contributed by atoms with Gasteiger partial charge in [0.05, 0.1) is 6.61 Å². The minimum Gasteiger partial charge on any atom is -0.392 e. The van der Waals surface area contributed by atoms with Crippen LogP contribution in [0.25, 0.3) is 0 Å². The first-order chi connectivity index (χ1) is 9.81. The second-order valence-corrected chi connectivity index (χ2v) is 8.42. The van der Waals surface area contributed by atoms with E-state index >= 15 is 0 Å². The fourth-order valence-electron chi connectivity index (χ4n) is 5.26. The lowest BCUT2D eigenvalue weighted by atomic mass is 9.48. The molecule has 0 unspecified atom stereocenters. The third-order valence-electron chi connectivity index (χ3n) is 6.49. The summed E-state index contributed by atoms with van der Waals surface area (Å²) >= 11 is 0. The second kappa shape index (κ2) is 6.28. The van der Waals surface area contributed by atoms with Gasteiger partial charge in [-0.05, 0) is 68.6 Å². The Labute approximate surface area is 131 Å². The van der Waals surface area contributed by atoms with E-state index in [2.05, 4.69) is 39.8 Å². The van der Waals surface area contributed by atoms with Crippen molar-refractivity contribution >= 4 is 0 Å². The highest BCUT2D eigenvalue weighted by molar-refractivity contribution is 5.18. The predicted molar refractivity (Wildman–Crippen MR) is 91.2 cm³/mol. The van der Waals surface area contributed by atoms with Gasteiger partial charge in [0.1, 0.15) is 0 Å². The Morgan fingerprint density at radius 3 is 2.71 bits per heavy atom. The number of fused-ring (bicyclic) bond motifs is 1. The van der Waals surface area contributed by atoms with Gasteiger partial charge in [-0.15, -0.1) is 0 Å². The van der Waals surface area contributed by atoms with E-state index < -0.39 is 0 Å². The Balaban J connectivity index is 2.18. The first kappa shape index (κ1) is 16.8. The summed E-state index contributed by atoms with van der Waals surface area (Å²) in [5, 5.41) is 9.15. The van der Waals surface area contributed by atoms with Crippen molar-refractivity contribution in [1.29, 1.82) is 0 Å². The van der Waals surface area contributed by atoms with Crippen LogP contribution in [0.4, 0.5) is 0 Å². The van der Waals surface area contributed by atoms with Crippen molar-refractivity contribution in [3.63, 3.8) is 0 Å². The molecule has 120 valence electrons. The van der Waals surface area contributed by atoms with Gasteiger partial charge in [0.2, 0.25) is 0 Å². The van der Waals surface area contributed by atoms with E-state index in [9.17, 15) is 0 Å². The summed E-state index contributed by atoms with van der Waals surface area (Å²) in [5.41, 5.74) is 3.68. The maximum atomic E-state index is 9.15. The van der Waals surface area contributed by atoms with Crippen LogP contribution in [0.3, 0.4) is 0 Å². The van der Waals surface area contributed by atoms with Crippen LogP contribution in [-0.4, -0.2) is 11.7 Å². The Hall–Kier alpha value is -0.560. The van der Waals surface area contributed by atoms with Gasteiger partial charge < -0.3 is 5.11 Å². The maximum Gasteiger partial charge on any atom is 0.0639 e. The van der Waals surface area contributed by atoms with Crippen molar-refractivity contribution in [3.05, 3.63) is 23.3 Å². The molecule has 1 N–H and O–H groups in total. The van der Waals surface area contributed by atoms with Gasteiger partial charge in [-0.3, -0.25) is 0 Å². The first-order valence-corrected chi connectivity index (χ1v) is 8.74. The Morgan fingerprint density at radius 2 is 2.05 bits per heavy atom. The van der Waals surface area contributed by atoms with E-state index in [1.807, 2.05) is 6.92 Å². The summed E-state index contributed by atoms with van der Waals surface area (Å²) in [6.07, 6.45) is 12.5. The standard InChI is InChI=1S/C20H34O/c1-15(14-21)8-6-9-17-16(2)10-11-18-19(3,4)12-7-13-20(17,18)5/h8,10,17-18,21H,6-7,9,11-14H2,1-5H3/b15-8+/t17-,18-,20+/m0/s1.